The molecule has 1 heterocycles. The summed E-state index contributed by atoms with van der Waals surface area (Å²) in [6, 6.07) is 9.88. The SMILES string of the molecule is Cc1c(CNCC(C)C)cnn1CCOc1ccccc1. The second kappa shape index (κ2) is 7.84. The van der Waals surface area contributed by atoms with Crippen LogP contribution < -0.4 is 10.1 Å². The first-order chi connectivity index (χ1) is 10.2. The van der Waals surface area contributed by atoms with Gasteiger partial charge in [0.05, 0.1) is 12.7 Å². The van der Waals surface area contributed by atoms with Gasteiger partial charge in [-0.25, -0.2) is 0 Å². The largest absolute Gasteiger partial charge is 0.492 e. The van der Waals surface area contributed by atoms with E-state index >= 15 is 0 Å². The van der Waals surface area contributed by atoms with Crippen LogP contribution in [0, 0.1) is 12.8 Å². The lowest BCUT2D eigenvalue weighted by Gasteiger charge is -2.09. The minimum Gasteiger partial charge on any atom is -0.492 e. The number of hydrogen-bond donors (Lipinski definition) is 1. The van der Waals surface area contributed by atoms with Gasteiger partial charge in [0, 0.05) is 17.8 Å². The smallest absolute Gasteiger partial charge is 0.119 e. The minimum absolute atomic E-state index is 0.630. The fourth-order valence-corrected chi connectivity index (χ4v) is 2.15. The molecule has 0 aliphatic carbocycles. The average Bonchev–Trinajstić information content (AvgIpc) is 2.81. The van der Waals surface area contributed by atoms with Crippen molar-refractivity contribution in [1.29, 1.82) is 0 Å². The Hall–Kier alpha value is -1.81. The molecule has 21 heavy (non-hydrogen) atoms. The molecule has 0 aliphatic heterocycles. The van der Waals surface area contributed by atoms with Crippen molar-refractivity contribution < 1.29 is 4.74 Å². The van der Waals surface area contributed by atoms with Crippen molar-refractivity contribution in [2.45, 2.75) is 33.9 Å². The molecule has 114 valence electrons. The summed E-state index contributed by atoms with van der Waals surface area (Å²) < 4.78 is 7.72. The van der Waals surface area contributed by atoms with E-state index in [9.17, 15) is 0 Å². The summed E-state index contributed by atoms with van der Waals surface area (Å²) in [7, 11) is 0. The second-order valence-electron chi connectivity index (χ2n) is 5.66. The molecule has 0 amide bonds. The summed E-state index contributed by atoms with van der Waals surface area (Å²) in [5.41, 5.74) is 2.47. The predicted octanol–water partition coefficient (Wildman–Crippen LogP) is 3.02. The van der Waals surface area contributed by atoms with Crippen LogP contribution in [0.25, 0.3) is 0 Å². The molecule has 0 saturated heterocycles. The maximum atomic E-state index is 5.71. The van der Waals surface area contributed by atoms with Gasteiger partial charge in [0.15, 0.2) is 0 Å². The first-order valence-corrected chi connectivity index (χ1v) is 7.56. The lowest BCUT2D eigenvalue weighted by Crippen LogP contribution is -2.19. The van der Waals surface area contributed by atoms with Gasteiger partial charge in [-0.3, -0.25) is 4.68 Å². The first kappa shape index (κ1) is 15.6. The monoisotopic (exact) mass is 287 g/mol. The van der Waals surface area contributed by atoms with E-state index in [0.717, 1.165) is 25.4 Å². The van der Waals surface area contributed by atoms with Crippen molar-refractivity contribution >= 4 is 0 Å². The van der Waals surface area contributed by atoms with Crippen LogP contribution in [0.15, 0.2) is 36.5 Å². The molecular formula is C17H25N3O. The molecular weight excluding hydrogens is 262 g/mol. The Morgan fingerprint density at radius 2 is 2.00 bits per heavy atom. The molecule has 1 aromatic carbocycles. The molecule has 0 unspecified atom stereocenters. The van der Waals surface area contributed by atoms with Gasteiger partial charge < -0.3 is 10.1 Å². The third-order valence-electron chi connectivity index (χ3n) is 3.39. The maximum Gasteiger partial charge on any atom is 0.119 e. The van der Waals surface area contributed by atoms with Gasteiger partial charge in [-0.1, -0.05) is 32.0 Å². The number of hydrogen-bond acceptors (Lipinski definition) is 3. The van der Waals surface area contributed by atoms with Crippen molar-refractivity contribution in [3.05, 3.63) is 47.8 Å². The highest BCUT2D eigenvalue weighted by Gasteiger charge is 2.06. The summed E-state index contributed by atoms with van der Waals surface area (Å²) >= 11 is 0. The van der Waals surface area contributed by atoms with E-state index in [2.05, 4.69) is 31.2 Å². The zero-order valence-corrected chi connectivity index (χ0v) is 13.2. The van der Waals surface area contributed by atoms with Gasteiger partial charge in [-0.05, 0) is 31.5 Å². The zero-order chi connectivity index (χ0) is 15.1. The summed E-state index contributed by atoms with van der Waals surface area (Å²) in [5.74, 6) is 1.57. The van der Waals surface area contributed by atoms with E-state index in [1.165, 1.54) is 11.3 Å². The summed E-state index contributed by atoms with van der Waals surface area (Å²) in [4.78, 5) is 0. The first-order valence-electron chi connectivity index (χ1n) is 7.56. The lowest BCUT2D eigenvalue weighted by atomic mass is 10.2. The van der Waals surface area contributed by atoms with E-state index in [-0.39, 0.29) is 0 Å². The summed E-state index contributed by atoms with van der Waals surface area (Å²) in [5, 5.41) is 7.89. The Morgan fingerprint density at radius 1 is 1.24 bits per heavy atom. The van der Waals surface area contributed by atoms with Crippen molar-refractivity contribution in [3.63, 3.8) is 0 Å². The Labute approximate surface area is 127 Å². The highest BCUT2D eigenvalue weighted by atomic mass is 16.5. The fraction of sp³-hybridized carbons (Fsp3) is 0.471. The fourth-order valence-electron chi connectivity index (χ4n) is 2.15. The van der Waals surface area contributed by atoms with Gasteiger partial charge in [-0.2, -0.15) is 5.10 Å². The molecule has 0 aliphatic rings. The number of rotatable bonds is 8. The quantitative estimate of drug-likeness (QED) is 0.811. The lowest BCUT2D eigenvalue weighted by molar-refractivity contribution is 0.290. The van der Waals surface area contributed by atoms with Gasteiger partial charge in [-0.15, -0.1) is 0 Å². The molecule has 0 spiro atoms. The van der Waals surface area contributed by atoms with Crippen LogP contribution in [-0.4, -0.2) is 22.9 Å². The van der Waals surface area contributed by atoms with Crippen molar-refractivity contribution in [3.8, 4) is 5.75 Å². The van der Waals surface area contributed by atoms with Crippen LogP contribution in [0.2, 0.25) is 0 Å². The molecule has 2 rings (SSSR count). The summed E-state index contributed by atoms with van der Waals surface area (Å²) in [6.07, 6.45) is 1.95. The Kier molecular flexibility index (Phi) is 5.81. The van der Waals surface area contributed by atoms with Crippen LogP contribution >= 0.6 is 0 Å². The molecule has 1 N–H and O–H groups in total. The van der Waals surface area contributed by atoms with Crippen LogP contribution in [0.1, 0.15) is 25.1 Å². The molecule has 4 nitrogen and oxygen atoms in total. The average molecular weight is 287 g/mol. The van der Waals surface area contributed by atoms with Gasteiger partial charge >= 0.3 is 0 Å². The van der Waals surface area contributed by atoms with E-state index < -0.39 is 0 Å². The third-order valence-corrected chi connectivity index (χ3v) is 3.39. The predicted molar refractivity (Wildman–Crippen MR) is 85.4 cm³/mol. The standard InChI is InChI=1S/C17H25N3O/c1-14(2)11-18-12-16-13-19-20(15(16)3)9-10-21-17-7-5-4-6-8-17/h4-8,13-14,18H,9-12H2,1-3H3. The number of ether oxygens (including phenoxy) is 1. The molecule has 0 fully saturated rings. The van der Waals surface area contributed by atoms with Crippen LogP contribution in [-0.2, 0) is 13.1 Å². The molecule has 0 saturated carbocycles. The van der Waals surface area contributed by atoms with Crippen LogP contribution in [0.3, 0.4) is 0 Å². The number of benzene rings is 1. The number of nitrogens with one attached hydrogen (secondary N) is 1. The number of para-hydroxylation sites is 1. The van der Waals surface area contributed by atoms with Gasteiger partial charge in [0.1, 0.15) is 12.4 Å². The van der Waals surface area contributed by atoms with Gasteiger partial charge in [0.2, 0.25) is 0 Å². The Balaban J connectivity index is 1.80. The summed E-state index contributed by atoms with van der Waals surface area (Å²) in [6.45, 7) is 9.85. The molecule has 0 radical (unpaired) electrons. The highest BCUT2D eigenvalue weighted by molar-refractivity contribution is 5.21. The van der Waals surface area contributed by atoms with E-state index in [4.69, 9.17) is 4.74 Å². The Morgan fingerprint density at radius 3 is 2.71 bits per heavy atom. The minimum atomic E-state index is 0.630. The zero-order valence-electron chi connectivity index (χ0n) is 13.2. The van der Waals surface area contributed by atoms with Crippen molar-refractivity contribution in [2.24, 2.45) is 5.92 Å². The van der Waals surface area contributed by atoms with Crippen molar-refractivity contribution in [2.75, 3.05) is 13.2 Å². The second-order valence-corrected chi connectivity index (χ2v) is 5.66. The van der Waals surface area contributed by atoms with Crippen LogP contribution in [0.4, 0.5) is 0 Å². The maximum absolute atomic E-state index is 5.71. The van der Waals surface area contributed by atoms with E-state index in [0.29, 0.717) is 12.5 Å². The number of aromatic nitrogens is 2. The Bertz CT molecular complexity index is 534. The molecule has 2 aromatic rings. The third kappa shape index (κ3) is 4.90. The molecule has 0 atom stereocenters. The van der Waals surface area contributed by atoms with Gasteiger partial charge in [0.25, 0.3) is 0 Å². The highest BCUT2D eigenvalue weighted by Crippen LogP contribution is 2.10. The van der Waals surface area contributed by atoms with Crippen LogP contribution in [0.5, 0.6) is 5.75 Å². The molecule has 4 heteroatoms. The normalized spacial score (nSPS) is 11.0. The molecule has 1 aromatic heterocycles. The molecule has 0 bridgehead atoms. The topological polar surface area (TPSA) is 39.1 Å². The van der Waals surface area contributed by atoms with Crippen molar-refractivity contribution in [1.82, 2.24) is 15.1 Å². The number of nitrogens with zero attached hydrogens (tertiary/aromatic N) is 2. The van der Waals surface area contributed by atoms with E-state index in [1.807, 2.05) is 41.2 Å². The van der Waals surface area contributed by atoms with E-state index in [1.54, 1.807) is 0 Å².